The number of carbonyl (C=O) groups is 2. The number of primary amides is 1. The lowest BCUT2D eigenvalue weighted by Crippen LogP contribution is -2.49. The highest BCUT2D eigenvalue weighted by Crippen LogP contribution is 2.26. The van der Waals surface area contributed by atoms with Crippen LogP contribution in [0.5, 0.6) is 0 Å². The first kappa shape index (κ1) is 16.6. The summed E-state index contributed by atoms with van der Waals surface area (Å²) in [5.74, 6) is -0.573. The summed E-state index contributed by atoms with van der Waals surface area (Å²) in [6.45, 7) is 5.27. The third-order valence-corrected chi connectivity index (χ3v) is 4.74. The predicted octanol–water partition coefficient (Wildman–Crippen LogP) is -0.331. The number of carbonyl (C=O) groups excluding carboxylic acids is 2. The molecule has 9 heteroatoms. The Morgan fingerprint density at radius 2 is 2.18 bits per heavy atom. The third-order valence-electron chi connectivity index (χ3n) is 3.67. The first-order chi connectivity index (χ1) is 10.3. The van der Waals surface area contributed by atoms with Crippen molar-refractivity contribution in [2.24, 2.45) is 11.7 Å². The smallest absolute Gasteiger partial charge is 0.231 e. The van der Waals surface area contributed by atoms with Crippen LogP contribution >= 0.6 is 11.3 Å². The summed E-state index contributed by atoms with van der Waals surface area (Å²) in [6, 6.07) is 0. The second kappa shape index (κ2) is 6.57. The lowest BCUT2D eigenvalue weighted by Gasteiger charge is -2.33. The maximum atomic E-state index is 12.5. The Labute approximate surface area is 133 Å². The van der Waals surface area contributed by atoms with Gasteiger partial charge in [-0.1, -0.05) is 11.3 Å². The van der Waals surface area contributed by atoms with Crippen molar-refractivity contribution in [1.29, 1.82) is 0 Å². The van der Waals surface area contributed by atoms with Gasteiger partial charge in [0.2, 0.25) is 16.9 Å². The van der Waals surface area contributed by atoms with Crippen LogP contribution in [0, 0.1) is 5.92 Å². The predicted molar refractivity (Wildman–Crippen MR) is 83.8 cm³/mol. The molecule has 1 aromatic rings. The normalized spacial score (nSPS) is 19.8. The molecule has 0 spiro atoms. The Morgan fingerprint density at radius 1 is 1.45 bits per heavy atom. The lowest BCUT2D eigenvalue weighted by molar-refractivity contribution is -0.129. The van der Waals surface area contributed by atoms with E-state index >= 15 is 0 Å². The lowest BCUT2D eigenvalue weighted by atomic mass is 9.95. The molecule has 0 aliphatic carbocycles. The molecule has 1 atom stereocenters. The van der Waals surface area contributed by atoms with E-state index in [1.165, 1.54) is 11.3 Å². The van der Waals surface area contributed by atoms with Gasteiger partial charge in [0.25, 0.3) is 0 Å². The highest BCUT2D eigenvalue weighted by atomic mass is 32.1. The highest BCUT2D eigenvalue weighted by Gasteiger charge is 2.32. The van der Waals surface area contributed by atoms with Crippen LogP contribution in [0.25, 0.3) is 0 Å². The molecule has 2 amide bonds. The quantitative estimate of drug-likeness (QED) is 0.680. The molecule has 0 saturated carbocycles. The third kappa shape index (κ3) is 4.14. The summed E-state index contributed by atoms with van der Waals surface area (Å²) in [6.07, 6.45) is 1.67. The molecule has 0 radical (unpaired) electrons. The van der Waals surface area contributed by atoms with Crippen molar-refractivity contribution in [2.75, 3.05) is 25.4 Å². The number of nitrogens with one attached hydrogen (secondary N) is 1. The zero-order valence-electron chi connectivity index (χ0n) is 12.8. The summed E-state index contributed by atoms with van der Waals surface area (Å²) in [4.78, 5) is 25.4. The monoisotopic (exact) mass is 326 g/mol. The zero-order chi connectivity index (χ0) is 16.3. The molecule has 2 heterocycles. The van der Waals surface area contributed by atoms with Gasteiger partial charge in [0.1, 0.15) is 5.01 Å². The van der Waals surface area contributed by atoms with Crippen LogP contribution in [0.4, 0.5) is 5.13 Å². The van der Waals surface area contributed by atoms with Crippen LogP contribution in [0.2, 0.25) is 0 Å². The number of nitrogens with zero attached hydrogens (tertiary/aromatic N) is 3. The molecule has 8 nitrogen and oxygen atoms in total. The van der Waals surface area contributed by atoms with Crippen molar-refractivity contribution in [2.45, 2.75) is 32.2 Å². The van der Waals surface area contributed by atoms with E-state index in [-0.39, 0.29) is 24.3 Å². The molecule has 1 unspecified atom stereocenters. The summed E-state index contributed by atoms with van der Waals surface area (Å²) in [5, 5.41) is 11.8. The van der Waals surface area contributed by atoms with Crippen LogP contribution in [0.1, 0.15) is 31.7 Å². The topological polar surface area (TPSA) is 127 Å². The van der Waals surface area contributed by atoms with Gasteiger partial charge in [0, 0.05) is 6.54 Å². The molecule has 1 saturated heterocycles. The van der Waals surface area contributed by atoms with Gasteiger partial charge in [-0.05, 0) is 33.2 Å². The Balaban J connectivity index is 1.97. The standard InChI is InChI=1S/C13H22N6O2S/c1-13(2,11-17-18-12(15)22-11)16-10(21)8-4-3-5-19(6-8)7-9(14)20/h8H,3-7H2,1-2H3,(H2,14,20)(H2,15,18)(H,16,21). The van der Waals surface area contributed by atoms with Gasteiger partial charge in [-0.15, -0.1) is 10.2 Å². The van der Waals surface area contributed by atoms with Gasteiger partial charge < -0.3 is 16.8 Å². The molecule has 1 fully saturated rings. The fraction of sp³-hybridized carbons (Fsp3) is 0.692. The number of nitrogens with two attached hydrogens (primary N) is 2. The summed E-state index contributed by atoms with van der Waals surface area (Å²) in [5.41, 5.74) is 10.2. The van der Waals surface area contributed by atoms with E-state index in [1.807, 2.05) is 18.7 Å². The van der Waals surface area contributed by atoms with Crippen molar-refractivity contribution < 1.29 is 9.59 Å². The number of piperidine rings is 1. The van der Waals surface area contributed by atoms with E-state index in [0.717, 1.165) is 19.4 Å². The first-order valence-electron chi connectivity index (χ1n) is 7.20. The van der Waals surface area contributed by atoms with E-state index in [4.69, 9.17) is 11.5 Å². The molecule has 1 aliphatic rings. The van der Waals surface area contributed by atoms with E-state index in [9.17, 15) is 9.59 Å². The number of rotatable bonds is 5. The van der Waals surface area contributed by atoms with Crippen LogP contribution in [-0.2, 0) is 15.1 Å². The summed E-state index contributed by atoms with van der Waals surface area (Å²) in [7, 11) is 0. The number of amides is 2. The van der Waals surface area contributed by atoms with E-state index in [2.05, 4.69) is 15.5 Å². The van der Waals surface area contributed by atoms with Crippen molar-refractivity contribution in [1.82, 2.24) is 20.4 Å². The number of hydrogen-bond acceptors (Lipinski definition) is 7. The van der Waals surface area contributed by atoms with Crippen LogP contribution in [0.3, 0.4) is 0 Å². The average molecular weight is 326 g/mol. The van der Waals surface area contributed by atoms with E-state index < -0.39 is 5.54 Å². The highest BCUT2D eigenvalue weighted by molar-refractivity contribution is 7.15. The molecule has 0 aromatic carbocycles. The number of anilines is 1. The van der Waals surface area contributed by atoms with Gasteiger partial charge in [-0.25, -0.2) is 0 Å². The van der Waals surface area contributed by atoms with Gasteiger partial charge in [0.15, 0.2) is 0 Å². The summed E-state index contributed by atoms with van der Waals surface area (Å²) < 4.78 is 0. The van der Waals surface area contributed by atoms with Gasteiger partial charge in [-0.3, -0.25) is 14.5 Å². The molecule has 1 aliphatic heterocycles. The second-order valence-electron chi connectivity index (χ2n) is 6.10. The van der Waals surface area contributed by atoms with Gasteiger partial charge in [0.05, 0.1) is 18.0 Å². The van der Waals surface area contributed by atoms with Crippen molar-refractivity contribution in [3.8, 4) is 0 Å². The molecule has 0 bridgehead atoms. The fourth-order valence-corrected chi connectivity index (χ4v) is 3.25. The van der Waals surface area contributed by atoms with Crippen LogP contribution in [-0.4, -0.2) is 46.5 Å². The maximum Gasteiger partial charge on any atom is 0.231 e. The Morgan fingerprint density at radius 3 is 2.77 bits per heavy atom. The molecular weight excluding hydrogens is 304 g/mol. The van der Waals surface area contributed by atoms with Crippen LogP contribution < -0.4 is 16.8 Å². The molecule has 22 heavy (non-hydrogen) atoms. The SMILES string of the molecule is CC(C)(NC(=O)C1CCCN(CC(N)=O)C1)c1nnc(N)s1. The molecule has 122 valence electrons. The van der Waals surface area contributed by atoms with E-state index in [0.29, 0.717) is 16.7 Å². The van der Waals surface area contributed by atoms with Crippen molar-refractivity contribution in [3.05, 3.63) is 5.01 Å². The minimum absolute atomic E-state index is 0.0482. The zero-order valence-corrected chi connectivity index (χ0v) is 13.7. The molecule has 5 N–H and O–H groups in total. The number of likely N-dealkylation sites (tertiary alicyclic amines) is 1. The molecular formula is C13H22N6O2S. The van der Waals surface area contributed by atoms with Crippen molar-refractivity contribution >= 4 is 28.3 Å². The van der Waals surface area contributed by atoms with Gasteiger partial charge >= 0.3 is 0 Å². The number of hydrogen-bond donors (Lipinski definition) is 3. The molecule has 1 aromatic heterocycles. The Hall–Kier alpha value is -1.74. The molecule has 2 rings (SSSR count). The summed E-state index contributed by atoms with van der Waals surface area (Å²) >= 11 is 1.26. The van der Waals surface area contributed by atoms with Crippen LogP contribution in [0.15, 0.2) is 0 Å². The first-order valence-corrected chi connectivity index (χ1v) is 8.01. The van der Waals surface area contributed by atoms with Gasteiger partial charge in [-0.2, -0.15) is 0 Å². The minimum atomic E-state index is -0.627. The second-order valence-corrected chi connectivity index (χ2v) is 7.11. The van der Waals surface area contributed by atoms with E-state index in [1.54, 1.807) is 0 Å². The fourth-order valence-electron chi connectivity index (χ4n) is 2.58. The Bertz CT molecular complexity index is 558. The average Bonchev–Trinajstić information content (AvgIpc) is 2.85. The van der Waals surface area contributed by atoms with Crippen molar-refractivity contribution in [3.63, 3.8) is 0 Å². The Kier molecular flexibility index (Phi) is 4.97. The minimum Gasteiger partial charge on any atom is -0.374 e. The number of nitrogen functional groups attached to an aromatic ring is 1. The largest absolute Gasteiger partial charge is 0.374 e. The maximum absolute atomic E-state index is 12.5. The number of aromatic nitrogens is 2.